The Kier molecular flexibility index (Phi) is 6.26. The second-order valence-electron chi connectivity index (χ2n) is 7.34. The number of carbonyl (C=O) groups is 2. The van der Waals surface area contributed by atoms with E-state index in [0.717, 1.165) is 10.9 Å². The molecule has 10 heteroatoms. The molecular formula is C22H23N3O6S. The van der Waals surface area contributed by atoms with E-state index in [9.17, 15) is 18.0 Å². The second kappa shape index (κ2) is 9.11. The zero-order chi connectivity index (χ0) is 22.7. The van der Waals surface area contributed by atoms with Crippen molar-refractivity contribution in [3.63, 3.8) is 0 Å². The number of nitrogens with zero attached hydrogens (tertiary/aromatic N) is 2. The third kappa shape index (κ3) is 4.52. The van der Waals surface area contributed by atoms with Crippen molar-refractivity contribution in [2.45, 2.75) is 4.90 Å². The van der Waals surface area contributed by atoms with Crippen LogP contribution < -0.4 is 5.32 Å². The van der Waals surface area contributed by atoms with E-state index in [1.807, 2.05) is 35.9 Å². The van der Waals surface area contributed by atoms with Crippen molar-refractivity contribution in [1.29, 1.82) is 0 Å². The average Bonchev–Trinajstić information content (AvgIpc) is 3.15. The molecule has 0 saturated carbocycles. The number of ether oxygens (including phenoxy) is 2. The highest BCUT2D eigenvalue weighted by molar-refractivity contribution is 7.89. The molecular weight excluding hydrogens is 434 g/mol. The largest absolute Gasteiger partial charge is 0.452 e. The molecule has 1 aromatic heterocycles. The number of anilines is 1. The fourth-order valence-corrected chi connectivity index (χ4v) is 4.96. The van der Waals surface area contributed by atoms with Crippen molar-refractivity contribution in [2.24, 2.45) is 7.05 Å². The SMILES string of the molecule is Cn1cc(C(=O)OCC(=O)Nc2ccc(S(=O)(=O)N3CCOCC3)cc2)c2ccccc21. The quantitative estimate of drug-likeness (QED) is 0.568. The van der Waals surface area contributed by atoms with E-state index in [0.29, 0.717) is 37.6 Å². The standard InChI is InChI=1S/C22H23N3O6S/c1-24-14-19(18-4-2-3-5-20(18)24)22(27)31-15-21(26)23-16-6-8-17(9-7-16)32(28,29)25-10-12-30-13-11-25/h2-9,14H,10-13,15H2,1H3,(H,23,26). The first-order valence-electron chi connectivity index (χ1n) is 10.1. The molecule has 2 heterocycles. The van der Waals surface area contributed by atoms with Crippen LogP contribution in [0, 0.1) is 0 Å². The first-order valence-corrected chi connectivity index (χ1v) is 11.5. The van der Waals surface area contributed by atoms with Crippen molar-refractivity contribution >= 4 is 38.5 Å². The molecule has 1 fully saturated rings. The molecule has 0 spiro atoms. The molecule has 1 amide bonds. The molecule has 0 atom stereocenters. The van der Waals surface area contributed by atoms with Gasteiger partial charge in [-0.25, -0.2) is 13.2 Å². The van der Waals surface area contributed by atoms with E-state index in [-0.39, 0.29) is 4.90 Å². The van der Waals surface area contributed by atoms with Crippen LogP contribution >= 0.6 is 0 Å². The fraction of sp³-hybridized carbons (Fsp3) is 0.273. The van der Waals surface area contributed by atoms with Crippen molar-refractivity contribution in [3.8, 4) is 0 Å². The van der Waals surface area contributed by atoms with Crippen LogP contribution in [0.2, 0.25) is 0 Å². The van der Waals surface area contributed by atoms with Gasteiger partial charge in [0.25, 0.3) is 5.91 Å². The highest BCUT2D eigenvalue weighted by atomic mass is 32.2. The smallest absolute Gasteiger partial charge is 0.340 e. The number of aromatic nitrogens is 1. The molecule has 2 aromatic carbocycles. The van der Waals surface area contributed by atoms with Gasteiger partial charge in [0.1, 0.15) is 0 Å². The third-order valence-corrected chi connectivity index (χ3v) is 7.11. The molecule has 1 aliphatic heterocycles. The number of carbonyl (C=O) groups excluding carboxylic acids is 2. The van der Waals surface area contributed by atoms with E-state index in [1.54, 1.807) is 6.20 Å². The summed E-state index contributed by atoms with van der Waals surface area (Å²) in [5.74, 6) is -1.12. The number of benzene rings is 2. The van der Waals surface area contributed by atoms with Crippen molar-refractivity contribution < 1.29 is 27.5 Å². The maximum atomic E-state index is 12.7. The van der Waals surface area contributed by atoms with Crippen LogP contribution in [0.5, 0.6) is 0 Å². The molecule has 3 aromatic rings. The lowest BCUT2D eigenvalue weighted by Crippen LogP contribution is -2.40. The molecule has 4 rings (SSSR count). The number of hydrogen-bond donors (Lipinski definition) is 1. The van der Waals surface area contributed by atoms with Crippen molar-refractivity contribution in [1.82, 2.24) is 8.87 Å². The van der Waals surface area contributed by atoms with Gasteiger partial charge in [0.15, 0.2) is 6.61 Å². The van der Waals surface area contributed by atoms with Crippen molar-refractivity contribution in [3.05, 3.63) is 60.3 Å². The summed E-state index contributed by atoms with van der Waals surface area (Å²) in [5.41, 5.74) is 1.67. The fourth-order valence-electron chi connectivity index (χ4n) is 3.56. The number of hydrogen-bond acceptors (Lipinski definition) is 6. The lowest BCUT2D eigenvalue weighted by Gasteiger charge is -2.26. The number of fused-ring (bicyclic) bond motifs is 1. The van der Waals surface area contributed by atoms with E-state index >= 15 is 0 Å². The van der Waals surface area contributed by atoms with E-state index in [1.165, 1.54) is 28.6 Å². The molecule has 32 heavy (non-hydrogen) atoms. The van der Waals surface area contributed by atoms with Gasteiger partial charge in [-0.05, 0) is 30.3 Å². The number of amides is 1. The first-order chi connectivity index (χ1) is 15.4. The summed E-state index contributed by atoms with van der Waals surface area (Å²) in [6.45, 7) is 0.886. The van der Waals surface area contributed by atoms with Gasteiger partial charge in [0.2, 0.25) is 10.0 Å². The molecule has 1 saturated heterocycles. The van der Waals surface area contributed by atoms with E-state index < -0.39 is 28.5 Å². The molecule has 1 N–H and O–H groups in total. The molecule has 0 radical (unpaired) electrons. The van der Waals surface area contributed by atoms with Gasteiger partial charge >= 0.3 is 5.97 Å². The van der Waals surface area contributed by atoms with Crippen LogP contribution in [0.25, 0.3) is 10.9 Å². The molecule has 1 aliphatic rings. The highest BCUT2D eigenvalue weighted by Gasteiger charge is 2.26. The minimum Gasteiger partial charge on any atom is -0.452 e. The lowest BCUT2D eigenvalue weighted by molar-refractivity contribution is -0.119. The van der Waals surface area contributed by atoms with Crippen LogP contribution in [0.15, 0.2) is 59.6 Å². The Hall–Kier alpha value is -3.21. The monoisotopic (exact) mass is 457 g/mol. The Morgan fingerprint density at radius 1 is 1.06 bits per heavy atom. The normalized spacial score (nSPS) is 14.9. The van der Waals surface area contributed by atoms with Gasteiger partial charge in [-0.1, -0.05) is 18.2 Å². The van der Waals surface area contributed by atoms with Gasteiger partial charge in [0.05, 0.1) is 23.7 Å². The minimum absolute atomic E-state index is 0.139. The zero-order valence-electron chi connectivity index (χ0n) is 17.5. The van der Waals surface area contributed by atoms with Crippen LogP contribution in [0.3, 0.4) is 0 Å². The maximum Gasteiger partial charge on any atom is 0.340 e. The first kappa shape index (κ1) is 22.0. The number of sulfonamides is 1. The van der Waals surface area contributed by atoms with Crippen molar-refractivity contribution in [2.75, 3.05) is 38.2 Å². The topological polar surface area (TPSA) is 107 Å². The summed E-state index contributed by atoms with van der Waals surface area (Å²) in [4.78, 5) is 24.8. The summed E-state index contributed by atoms with van der Waals surface area (Å²) in [6.07, 6.45) is 1.67. The highest BCUT2D eigenvalue weighted by Crippen LogP contribution is 2.21. The van der Waals surface area contributed by atoms with Gasteiger partial charge in [0, 0.05) is 42.9 Å². The maximum absolute atomic E-state index is 12.7. The predicted octanol–water partition coefficient (Wildman–Crippen LogP) is 1.99. The number of aryl methyl sites for hydroxylation is 1. The Labute approximate surface area is 185 Å². The van der Waals surface area contributed by atoms with Crippen LogP contribution in [-0.4, -0.2) is 62.1 Å². The number of rotatable bonds is 6. The molecule has 168 valence electrons. The molecule has 0 aliphatic carbocycles. The molecule has 9 nitrogen and oxygen atoms in total. The van der Waals surface area contributed by atoms with Gasteiger partial charge in [-0.3, -0.25) is 4.79 Å². The second-order valence-corrected chi connectivity index (χ2v) is 9.27. The number of esters is 1. The predicted molar refractivity (Wildman–Crippen MR) is 118 cm³/mol. The Morgan fingerprint density at radius 2 is 1.75 bits per heavy atom. The Balaban J connectivity index is 1.35. The summed E-state index contributed by atoms with van der Waals surface area (Å²) < 4.78 is 38.8. The summed E-state index contributed by atoms with van der Waals surface area (Å²) >= 11 is 0. The van der Waals surface area contributed by atoms with Crippen LogP contribution in [-0.2, 0) is 31.3 Å². The summed E-state index contributed by atoms with van der Waals surface area (Å²) in [7, 11) is -1.78. The van der Waals surface area contributed by atoms with E-state index in [2.05, 4.69) is 5.32 Å². The van der Waals surface area contributed by atoms with E-state index in [4.69, 9.17) is 9.47 Å². The number of para-hydroxylation sites is 1. The van der Waals surface area contributed by atoms with Crippen LogP contribution in [0.4, 0.5) is 5.69 Å². The minimum atomic E-state index is -3.61. The lowest BCUT2D eigenvalue weighted by atomic mass is 10.2. The molecule has 0 bridgehead atoms. The Morgan fingerprint density at radius 3 is 2.47 bits per heavy atom. The average molecular weight is 458 g/mol. The molecule has 0 unspecified atom stereocenters. The van der Waals surface area contributed by atoms with Gasteiger partial charge in [-0.2, -0.15) is 4.31 Å². The number of nitrogens with one attached hydrogen (secondary N) is 1. The Bertz CT molecular complexity index is 1240. The third-order valence-electron chi connectivity index (χ3n) is 5.20. The number of morpholine rings is 1. The zero-order valence-corrected chi connectivity index (χ0v) is 18.3. The van der Waals surface area contributed by atoms with Gasteiger partial charge in [-0.15, -0.1) is 0 Å². The summed E-state index contributed by atoms with van der Waals surface area (Å²) in [6, 6.07) is 13.3. The summed E-state index contributed by atoms with van der Waals surface area (Å²) in [5, 5.41) is 3.35. The van der Waals surface area contributed by atoms with Crippen LogP contribution in [0.1, 0.15) is 10.4 Å². The van der Waals surface area contributed by atoms with Gasteiger partial charge < -0.3 is 19.4 Å².